The van der Waals surface area contributed by atoms with Crippen LogP contribution < -0.4 is 4.90 Å². The summed E-state index contributed by atoms with van der Waals surface area (Å²) in [7, 11) is 4.23. The normalized spacial score (nSPS) is 23.9. The molecule has 0 bridgehead atoms. The van der Waals surface area contributed by atoms with Gasteiger partial charge in [-0.2, -0.15) is 0 Å². The average Bonchev–Trinajstić information content (AvgIpc) is 3.27. The SMILES string of the molecule is CC12CCC3C(=CCc4cc(O)ccc43)C1CCC2=O.CN(C)CCCN1c2ccccc2Sc2ccc(Cl)cc21. The highest BCUT2D eigenvalue weighted by Gasteiger charge is 2.52. The van der Waals surface area contributed by atoms with Crippen LogP contribution in [0.15, 0.2) is 82.1 Å². The molecule has 1 N–H and O–H groups in total. The molecule has 3 aliphatic carbocycles. The topological polar surface area (TPSA) is 43.8 Å². The Morgan fingerprint density at radius 1 is 1.05 bits per heavy atom. The van der Waals surface area contributed by atoms with Crippen molar-refractivity contribution < 1.29 is 9.90 Å². The number of benzene rings is 3. The Labute approximate surface area is 253 Å². The zero-order valence-electron chi connectivity index (χ0n) is 24.2. The van der Waals surface area contributed by atoms with Crippen LogP contribution in [0.25, 0.3) is 0 Å². The summed E-state index contributed by atoms with van der Waals surface area (Å²) in [6.45, 7) is 4.27. The summed E-state index contributed by atoms with van der Waals surface area (Å²) in [5.74, 6) is 1.76. The Kier molecular flexibility index (Phi) is 7.97. The van der Waals surface area contributed by atoms with Crippen molar-refractivity contribution in [3.63, 3.8) is 0 Å². The Morgan fingerprint density at radius 3 is 2.68 bits per heavy atom. The summed E-state index contributed by atoms with van der Waals surface area (Å²) in [5, 5.41) is 10.4. The maximum absolute atomic E-state index is 12.2. The molecule has 1 heterocycles. The van der Waals surface area contributed by atoms with Gasteiger partial charge in [0.25, 0.3) is 0 Å². The number of para-hydroxylation sites is 1. The van der Waals surface area contributed by atoms with E-state index in [0.29, 0.717) is 23.4 Å². The van der Waals surface area contributed by atoms with Crippen LogP contribution in [0.5, 0.6) is 5.75 Å². The number of Topliss-reactive ketones (excluding diaryl/α,β-unsaturated/α-hetero) is 1. The Balaban J connectivity index is 0.000000148. The molecule has 0 radical (unpaired) electrons. The smallest absolute Gasteiger partial charge is 0.139 e. The minimum absolute atomic E-state index is 0.100. The van der Waals surface area contributed by atoms with Crippen molar-refractivity contribution in [2.45, 2.75) is 61.2 Å². The summed E-state index contributed by atoms with van der Waals surface area (Å²) in [5.41, 5.74) is 6.55. The lowest BCUT2D eigenvalue weighted by molar-refractivity contribution is -0.126. The standard InChI is InChI=1S/C18H20O2.C17H19ClN2S/c1-18-9-8-14-13-5-3-12(19)10-11(13)2-4-15(14)16(18)6-7-17(18)20;1-19(2)10-5-11-20-14-6-3-4-7-16(14)21-17-9-8-13(18)12-15(17)20/h3-5,10,14,16,19H,2,6-9H2,1H3;3-4,6-9,12H,5,10-11H2,1-2H3. The summed E-state index contributed by atoms with van der Waals surface area (Å²) in [6, 6.07) is 20.6. The first kappa shape index (κ1) is 28.4. The van der Waals surface area contributed by atoms with Crippen molar-refractivity contribution in [2.24, 2.45) is 11.3 Å². The number of carbonyl (C=O) groups excluding carboxylic acids is 1. The summed E-state index contributed by atoms with van der Waals surface area (Å²) < 4.78 is 0. The van der Waals surface area contributed by atoms with E-state index in [4.69, 9.17) is 11.6 Å². The van der Waals surface area contributed by atoms with Crippen molar-refractivity contribution in [3.8, 4) is 5.75 Å². The predicted octanol–water partition coefficient (Wildman–Crippen LogP) is 8.63. The predicted molar refractivity (Wildman–Crippen MR) is 170 cm³/mol. The molecular weight excluding hydrogens is 548 g/mol. The maximum atomic E-state index is 12.2. The number of nitrogens with zero attached hydrogens (tertiary/aromatic N) is 2. The number of carbonyl (C=O) groups is 1. The highest BCUT2D eigenvalue weighted by atomic mass is 35.5. The van der Waals surface area contributed by atoms with E-state index in [2.05, 4.69) is 79.4 Å². The molecule has 4 aliphatic rings. The van der Waals surface area contributed by atoms with Crippen LogP contribution in [0, 0.1) is 11.3 Å². The van der Waals surface area contributed by atoms with E-state index in [-0.39, 0.29) is 5.41 Å². The van der Waals surface area contributed by atoms with Gasteiger partial charge in [-0.25, -0.2) is 0 Å². The van der Waals surface area contributed by atoms with E-state index in [0.717, 1.165) is 56.6 Å². The van der Waals surface area contributed by atoms with Gasteiger partial charge >= 0.3 is 0 Å². The zero-order valence-corrected chi connectivity index (χ0v) is 25.8. The molecule has 4 nitrogen and oxygen atoms in total. The van der Waals surface area contributed by atoms with Gasteiger partial charge in [-0.05, 0) is 112 Å². The van der Waals surface area contributed by atoms with Gasteiger partial charge in [0.2, 0.25) is 0 Å². The zero-order chi connectivity index (χ0) is 28.7. The number of phenolic OH excluding ortho intramolecular Hbond substituents is 1. The second-order valence-electron chi connectivity index (χ2n) is 12.3. The van der Waals surface area contributed by atoms with E-state index in [1.165, 1.54) is 37.9 Å². The molecule has 3 unspecified atom stereocenters. The van der Waals surface area contributed by atoms with Crippen LogP contribution in [-0.2, 0) is 11.2 Å². The number of phenols is 1. The van der Waals surface area contributed by atoms with Crippen molar-refractivity contribution in [3.05, 3.63) is 88.5 Å². The molecule has 6 heteroatoms. The third-order valence-electron chi connectivity index (χ3n) is 9.46. The second kappa shape index (κ2) is 11.5. The van der Waals surface area contributed by atoms with Gasteiger partial charge in [-0.1, -0.05) is 60.1 Å². The van der Waals surface area contributed by atoms with Crippen molar-refractivity contribution in [2.75, 3.05) is 32.1 Å². The number of halogens is 1. The number of fused-ring (bicyclic) bond motifs is 7. The molecule has 1 aliphatic heterocycles. The number of hydrogen-bond donors (Lipinski definition) is 1. The quantitative estimate of drug-likeness (QED) is 0.310. The first-order valence-electron chi connectivity index (χ1n) is 14.8. The third kappa shape index (κ3) is 5.45. The number of allylic oxidation sites excluding steroid dienone is 2. The maximum Gasteiger partial charge on any atom is 0.139 e. The van der Waals surface area contributed by atoms with Gasteiger partial charge in [0.05, 0.1) is 11.4 Å². The monoisotopic (exact) mass is 586 g/mol. The summed E-state index contributed by atoms with van der Waals surface area (Å²) in [4.78, 5) is 19.5. The fraction of sp³-hybridized carbons (Fsp3) is 0.400. The molecule has 0 saturated heterocycles. The molecule has 7 rings (SSSR count). The van der Waals surface area contributed by atoms with Crippen LogP contribution in [0.3, 0.4) is 0 Å². The van der Waals surface area contributed by atoms with Crippen molar-refractivity contribution in [1.82, 2.24) is 4.90 Å². The molecule has 2 fully saturated rings. The van der Waals surface area contributed by atoms with Crippen LogP contribution in [0.4, 0.5) is 11.4 Å². The summed E-state index contributed by atoms with van der Waals surface area (Å²) in [6.07, 6.45) is 8.24. The third-order valence-corrected chi connectivity index (χ3v) is 10.8. The van der Waals surface area contributed by atoms with Gasteiger partial charge in [-0.15, -0.1) is 0 Å². The fourth-order valence-electron chi connectivity index (χ4n) is 7.32. The highest BCUT2D eigenvalue weighted by molar-refractivity contribution is 7.99. The minimum atomic E-state index is -0.100. The lowest BCUT2D eigenvalue weighted by Gasteiger charge is -2.43. The first-order chi connectivity index (χ1) is 19.7. The van der Waals surface area contributed by atoms with Gasteiger partial charge < -0.3 is 14.9 Å². The van der Waals surface area contributed by atoms with Crippen molar-refractivity contribution in [1.29, 1.82) is 0 Å². The lowest BCUT2D eigenvalue weighted by Crippen LogP contribution is -2.37. The van der Waals surface area contributed by atoms with Gasteiger partial charge in [-0.3, -0.25) is 4.79 Å². The van der Waals surface area contributed by atoms with Crippen LogP contribution in [0.1, 0.15) is 56.1 Å². The van der Waals surface area contributed by atoms with Crippen LogP contribution >= 0.6 is 23.4 Å². The van der Waals surface area contributed by atoms with E-state index in [1.807, 2.05) is 23.9 Å². The Hall–Kier alpha value is -2.73. The van der Waals surface area contributed by atoms with E-state index in [9.17, 15) is 9.90 Å². The molecule has 0 spiro atoms. The second-order valence-corrected chi connectivity index (χ2v) is 13.8. The fourth-order valence-corrected chi connectivity index (χ4v) is 8.56. The highest BCUT2D eigenvalue weighted by Crippen LogP contribution is 2.58. The van der Waals surface area contributed by atoms with Crippen LogP contribution in [-0.4, -0.2) is 43.0 Å². The van der Waals surface area contributed by atoms with E-state index < -0.39 is 0 Å². The lowest BCUT2D eigenvalue weighted by atomic mass is 9.60. The number of rotatable bonds is 4. The molecule has 41 heavy (non-hydrogen) atoms. The molecular formula is C35H39ClN2O2S. The van der Waals surface area contributed by atoms with Gasteiger partial charge in [0, 0.05) is 39.1 Å². The van der Waals surface area contributed by atoms with Crippen LogP contribution in [0.2, 0.25) is 5.02 Å². The number of aromatic hydroxyl groups is 1. The van der Waals surface area contributed by atoms with E-state index >= 15 is 0 Å². The number of ketones is 1. The molecule has 2 saturated carbocycles. The first-order valence-corrected chi connectivity index (χ1v) is 16.0. The average molecular weight is 587 g/mol. The largest absolute Gasteiger partial charge is 0.508 e. The molecule has 3 aromatic rings. The van der Waals surface area contributed by atoms with E-state index in [1.54, 1.807) is 6.07 Å². The number of hydrogen-bond acceptors (Lipinski definition) is 5. The molecule has 3 atom stereocenters. The molecule has 214 valence electrons. The minimum Gasteiger partial charge on any atom is -0.508 e. The Bertz CT molecular complexity index is 1500. The van der Waals surface area contributed by atoms with Gasteiger partial charge in [0.15, 0.2) is 0 Å². The molecule has 3 aromatic carbocycles. The molecule has 0 aromatic heterocycles. The van der Waals surface area contributed by atoms with Gasteiger partial charge in [0.1, 0.15) is 11.5 Å². The number of anilines is 2. The summed E-state index contributed by atoms with van der Waals surface area (Å²) >= 11 is 8.03. The Morgan fingerprint density at radius 2 is 1.85 bits per heavy atom. The molecule has 0 amide bonds. The van der Waals surface area contributed by atoms with Crippen molar-refractivity contribution >= 4 is 40.5 Å².